The van der Waals surface area contributed by atoms with Gasteiger partial charge in [-0.2, -0.15) is 0 Å². The van der Waals surface area contributed by atoms with Gasteiger partial charge >= 0.3 is 5.97 Å². The van der Waals surface area contributed by atoms with Gasteiger partial charge in [0.25, 0.3) is 0 Å². The third-order valence-corrected chi connectivity index (χ3v) is 2.63. The molecule has 0 aliphatic heterocycles. The Balaban J connectivity index is 4.55. The van der Waals surface area contributed by atoms with Crippen molar-refractivity contribution in [3.05, 3.63) is 0 Å². The molecule has 0 fully saturated rings. The van der Waals surface area contributed by atoms with Gasteiger partial charge in [-0.05, 0) is 12.8 Å². The largest absolute Gasteiger partial charge is 0.480 e. The first-order chi connectivity index (χ1) is 9.68. The Morgan fingerprint density at radius 3 is 2.05 bits per heavy atom. The first-order valence-electron chi connectivity index (χ1n) is 6.48. The summed E-state index contributed by atoms with van der Waals surface area (Å²) in [4.78, 5) is 45.2. The molecule has 0 saturated carbocycles. The number of hydrogen-bond donors (Lipinski definition) is 5. The van der Waals surface area contributed by atoms with Crippen LogP contribution >= 0.6 is 0 Å². The lowest BCUT2D eigenvalue weighted by Crippen LogP contribution is -2.54. The van der Waals surface area contributed by atoms with Crippen LogP contribution in [-0.2, 0) is 19.2 Å². The molecule has 0 aromatic carbocycles. The van der Waals surface area contributed by atoms with Gasteiger partial charge in [0.2, 0.25) is 17.7 Å². The fourth-order valence-electron chi connectivity index (χ4n) is 1.38. The highest BCUT2D eigenvalue weighted by molar-refractivity contribution is 5.92. The molecule has 120 valence electrons. The highest BCUT2D eigenvalue weighted by Gasteiger charge is 2.26. The Labute approximate surface area is 122 Å². The molecule has 0 heterocycles. The number of carbonyl (C=O) groups excluding carboxylic acids is 3. The minimum absolute atomic E-state index is 0.239. The molecule has 0 aromatic rings. The smallest absolute Gasteiger partial charge is 0.325 e. The van der Waals surface area contributed by atoms with Gasteiger partial charge in [-0.3, -0.25) is 19.2 Å². The van der Waals surface area contributed by atoms with Crippen molar-refractivity contribution in [3.63, 3.8) is 0 Å². The van der Waals surface area contributed by atoms with Gasteiger partial charge in [0, 0.05) is 0 Å². The number of carboxylic acids is 1. The molecule has 0 aromatic heterocycles. The fraction of sp³-hybridized carbons (Fsp3) is 0.667. The summed E-state index contributed by atoms with van der Waals surface area (Å²) in [5.41, 5.74) is 5.08. The predicted octanol–water partition coefficient (Wildman–Crippen LogP) is -2.21. The summed E-state index contributed by atoms with van der Waals surface area (Å²) in [5.74, 6) is -3.07. The van der Waals surface area contributed by atoms with Crippen LogP contribution in [0, 0.1) is 5.92 Å². The summed E-state index contributed by atoms with van der Waals surface area (Å²) in [7, 11) is 0. The van der Waals surface area contributed by atoms with Crippen molar-refractivity contribution in [2.75, 3.05) is 13.1 Å². The molecule has 9 nitrogen and oxygen atoms in total. The molecule has 0 bridgehead atoms. The van der Waals surface area contributed by atoms with Crippen molar-refractivity contribution >= 4 is 23.7 Å². The van der Waals surface area contributed by atoms with Crippen LogP contribution in [0.1, 0.15) is 20.8 Å². The fourth-order valence-corrected chi connectivity index (χ4v) is 1.38. The van der Waals surface area contributed by atoms with E-state index in [1.54, 1.807) is 13.8 Å². The van der Waals surface area contributed by atoms with E-state index >= 15 is 0 Å². The maximum atomic E-state index is 11.9. The molecule has 0 spiro atoms. The third-order valence-electron chi connectivity index (χ3n) is 2.63. The Morgan fingerprint density at radius 1 is 1.05 bits per heavy atom. The van der Waals surface area contributed by atoms with E-state index in [9.17, 15) is 19.2 Å². The van der Waals surface area contributed by atoms with Gasteiger partial charge in [0.05, 0.1) is 13.1 Å². The van der Waals surface area contributed by atoms with Crippen molar-refractivity contribution < 1.29 is 24.3 Å². The third kappa shape index (κ3) is 7.25. The topological polar surface area (TPSA) is 151 Å². The molecule has 9 heteroatoms. The van der Waals surface area contributed by atoms with Crippen molar-refractivity contribution in [1.82, 2.24) is 16.0 Å². The van der Waals surface area contributed by atoms with Crippen LogP contribution in [0.3, 0.4) is 0 Å². The normalized spacial score (nSPS) is 13.2. The molecule has 3 amide bonds. The first-order valence-corrected chi connectivity index (χ1v) is 6.48. The summed E-state index contributed by atoms with van der Waals surface area (Å²) in [6.45, 7) is 4.18. The van der Waals surface area contributed by atoms with Gasteiger partial charge < -0.3 is 26.8 Å². The average Bonchev–Trinajstić information content (AvgIpc) is 2.41. The molecular weight excluding hydrogens is 280 g/mol. The monoisotopic (exact) mass is 302 g/mol. The quantitative estimate of drug-likeness (QED) is 0.343. The van der Waals surface area contributed by atoms with Gasteiger partial charge in [0.15, 0.2) is 0 Å². The van der Waals surface area contributed by atoms with E-state index in [4.69, 9.17) is 10.8 Å². The molecular formula is C12H22N4O5. The second-order valence-corrected chi connectivity index (χ2v) is 4.84. The number of hydrogen-bond acceptors (Lipinski definition) is 5. The Bertz CT molecular complexity index is 410. The molecule has 0 rings (SSSR count). The summed E-state index contributed by atoms with van der Waals surface area (Å²) in [6, 6.07) is -1.96. The van der Waals surface area contributed by atoms with Crippen molar-refractivity contribution in [3.8, 4) is 0 Å². The number of carbonyl (C=O) groups is 4. The van der Waals surface area contributed by atoms with Crippen LogP contribution in [-0.4, -0.2) is 54.0 Å². The highest BCUT2D eigenvalue weighted by Crippen LogP contribution is 2.02. The second kappa shape index (κ2) is 8.90. The van der Waals surface area contributed by atoms with Crippen LogP contribution < -0.4 is 21.7 Å². The predicted molar refractivity (Wildman–Crippen MR) is 74.1 cm³/mol. The van der Waals surface area contributed by atoms with E-state index in [0.717, 1.165) is 0 Å². The van der Waals surface area contributed by atoms with E-state index in [-0.39, 0.29) is 19.0 Å². The van der Waals surface area contributed by atoms with E-state index in [1.165, 1.54) is 6.92 Å². The Morgan fingerprint density at radius 2 is 1.62 bits per heavy atom. The zero-order chi connectivity index (χ0) is 16.6. The second-order valence-electron chi connectivity index (χ2n) is 4.84. The number of amides is 3. The van der Waals surface area contributed by atoms with E-state index < -0.39 is 35.8 Å². The van der Waals surface area contributed by atoms with Gasteiger partial charge in [0.1, 0.15) is 12.1 Å². The van der Waals surface area contributed by atoms with Crippen LogP contribution in [0.2, 0.25) is 0 Å². The van der Waals surface area contributed by atoms with Crippen LogP contribution in [0.5, 0.6) is 0 Å². The molecule has 2 atom stereocenters. The molecule has 0 aliphatic rings. The van der Waals surface area contributed by atoms with Crippen molar-refractivity contribution in [2.24, 2.45) is 11.7 Å². The van der Waals surface area contributed by atoms with E-state index in [0.29, 0.717) is 0 Å². The minimum atomic E-state index is -1.17. The zero-order valence-electron chi connectivity index (χ0n) is 12.3. The Hall–Kier alpha value is -2.16. The van der Waals surface area contributed by atoms with Gasteiger partial charge in [-0.15, -0.1) is 0 Å². The summed E-state index contributed by atoms with van der Waals surface area (Å²) >= 11 is 0. The van der Waals surface area contributed by atoms with Crippen LogP contribution in [0.25, 0.3) is 0 Å². The SMILES string of the molecule is CC(NC(=O)C(NC(=O)CNC(=O)CN)C(C)C)C(=O)O. The molecule has 6 N–H and O–H groups in total. The molecule has 0 aliphatic carbocycles. The standard InChI is InChI=1S/C12H22N4O5/c1-6(2)10(11(19)15-7(3)12(20)21)16-9(18)5-14-8(17)4-13/h6-7,10H,4-5,13H2,1-3H3,(H,14,17)(H,15,19)(H,16,18)(H,20,21). The van der Waals surface area contributed by atoms with E-state index in [2.05, 4.69) is 16.0 Å². The molecule has 2 unspecified atom stereocenters. The lowest BCUT2D eigenvalue weighted by Gasteiger charge is -2.23. The van der Waals surface area contributed by atoms with Crippen molar-refractivity contribution in [2.45, 2.75) is 32.9 Å². The average molecular weight is 302 g/mol. The maximum absolute atomic E-state index is 11.9. The minimum Gasteiger partial charge on any atom is -0.480 e. The van der Waals surface area contributed by atoms with Crippen molar-refractivity contribution in [1.29, 1.82) is 0 Å². The number of rotatable bonds is 8. The number of carboxylic acid groups (broad SMARTS) is 1. The maximum Gasteiger partial charge on any atom is 0.325 e. The lowest BCUT2D eigenvalue weighted by atomic mass is 10.0. The van der Waals surface area contributed by atoms with Gasteiger partial charge in [-0.1, -0.05) is 13.8 Å². The summed E-state index contributed by atoms with van der Waals surface area (Å²) < 4.78 is 0. The summed E-state index contributed by atoms with van der Waals surface area (Å²) in [6.07, 6.45) is 0. The number of nitrogens with two attached hydrogens (primary N) is 1. The molecule has 0 radical (unpaired) electrons. The summed E-state index contributed by atoms with van der Waals surface area (Å²) in [5, 5.41) is 15.7. The number of nitrogens with one attached hydrogen (secondary N) is 3. The molecule has 21 heavy (non-hydrogen) atoms. The van der Waals surface area contributed by atoms with Crippen LogP contribution in [0.4, 0.5) is 0 Å². The lowest BCUT2D eigenvalue weighted by molar-refractivity contribution is -0.142. The highest BCUT2D eigenvalue weighted by atomic mass is 16.4. The van der Waals surface area contributed by atoms with Gasteiger partial charge in [-0.25, -0.2) is 0 Å². The van der Waals surface area contributed by atoms with Crippen LogP contribution in [0.15, 0.2) is 0 Å². The zero-order valence-corrected chi connectivity index (χ0v) is 12.3. The number of aliphatic carboxylic acids is 1. The molecule has 0 saturated heterocycles. The first kappa shape index (κ1) is 18.8. The Kier molecular flexibility index (Phi) is 7.99. The van der Waals surface area contributed by atoms with E-state index in [1.807, 2.05) is 0 Å².